The molecule has 0 aliphatic heterocycles. The second-order valence-corrected chi connectivity index (χ2v) is 5.25. The van der Waals surface area contributed by atoms with Crippen LogP contribution in [0.25, 0.3) is 0 Å². The minimum Gasteiger partial charge on any atom is -0.468 e. The van der Waals surface area contributed by atoms with E-state index >= 15 is 0 Å². The highest BCUT2D eigenvalue weighted by molar-refractivity contribution is 5.88. The van der Waals surface area contributed by atoms with Gasteiger partial charge >= 0.3 is 5.97 Å². The lowest BCUT2D eigenvalue weighted by Crippen LogP contribution is -2.25. The molecule has 1 fully saturated rings. The SMILES string of the molecule is COC(=O)C1(c2ccc(C)c(C)c2C)CC1C. The third-order valence-electron chi connectivity index (χ3n) is 4.40. The Hall–Kier alpha value is -1.31. The molecule has 2 heteroatoms. The molecule has 1 aliphatic rings. The normalized spacial score (nSPS) is 26.8. The first-order chi connectivity index (χ1) is 7.95. The molecule has 17 heavy (non-hydrogen) atoms. The molecule has 2 nitrogen and oxygen atoms in total. The molecular weight excluding hydrogens is 212 g/mol. The largest absolute Gasteiger partial charge is 0.468 e. The van der Waals surface area contributed by atoms with Crippen molar-refractivity contribution in [2.75, 3.05) is 7.11 Å². The zero-order valence-electron chi connectivity index (χ0n) is 11.3. The van der Waals surface area contributed by atoms with Crippen LogP contribution >= 0.6 is 0 Å². The van der Waals surface area contributed by atoms with Crippen LogP contribution in [0.1, 0.15) is 35.6 Å². The zero-order valence-corrected chi connectivity index (χ0v) is 11.3. The number of rotatable bonds is 2. The van der Waals surface area contributed by atoms with Crippen LogP contribution in [0.3, 0.4) is 0 Å². The van der Waals surface area contributed by atoms with Crippen molar-refractivity contribution in [3.63, 3.8) is 0 Å². The van der Waals surface area contributed by atoms with Gasteiger partial charge < -0.3 is 4.74 Å². The lowest BCUT2D eigenvalue weighted by atomic mass is 9.86. The van der Waals surface area contributed by atoms with Gasteiger partial charge in [-0.3, -0.25) is 4.79 Å². The molecule has 1 saturated carbocycles. The summed E-state index contributed by atoms with van der Waals surface area (Å²) in [5.74, 6) is 0.298. The predicted molar refractivity (Wildman–Crippen MR) is 68.1 cm³/mol. The first-order valence-corrected chi connectivity index (χ1v) is 6.11. The molecule has 2 atom stereocenters. The van der Waals surface area contributed by atoms with E-state index in [0.717, 1.165) is 12.0 Å². The standard InChI is InChI=1S/C15H20O2/c1-9-6-7-13(12(4)11(9)3)15(8-10(15)2)14(16)17-5/h6-7,10H,8H2,1-5H3. The molecule has 0 saturated heterocycles. The summed E-state index contributed by atoms with van der Waals surface area (Å²) in [5.41, 5.74) is 4.57. The lowest BCUT2D eigenvalue weighted by molar-refractivity contribution is -0.144. The van der Waals surface area contributed by atoms with Crippen LogP contribution < -0.4 is 0 Å². The molecule has 0 spiro atoms. The van der Waals surface area contributed by atoms with Crippen LogP contribution in [0.5, 0.6) is 0 Å². The van der Waals surface area contributed by atoms with Crippen LogP contribution in [-0.2, 0) is 14.9 Å². The third-order valence-corrected chi connectivity index (χ3v) is 4.40. The van der Waals surface area contributed by atoms with Gasteiger partial charge in [0, 0.05) is 0 Å². The molecule has 1 aromatic carbocycles. The van der Waals surface area contributed by atoms with Gasteiger partial charge in [-0.2, -0.15) is 0 Å². The number of methoxy groups -OCH3 is 1. The van der Waals surface area contributed by atoms with Gasteiger partial charge in [-0.15, -0.1) is 0 Å². The van der Waals surface area contributed by atoms with Gasteiger partial charge in [0.25, 0.3) is 0 Å². The average molecular weight is 232 g/mol. The molecule has 2 rings (SSSR count). The number of benzene rings is 1. The quantitative estimate of drug-likeness (QED) is 0.732. The first kappa shape index (κ1) is 12.2. The highest BCUT2D eigenvalue weighted by Gasteiger charge is 2.60. The number of hydrogen-bond acceptors (Lipinski definition) is 2. The summed E-state index contributed by atoms with van der Waals surface area (Å²) in [5, 5.41) is 0. The molecule has 0 N–H and O–H groups in total. The number of carbonyl (C=O) groups is 1. The van der Waals surface area contributed by atoms with Crippen molar-refractivity contribution < 1.29 is 9.53 Å². The summed E-state index contributed by atoms with van der Waals surface area (Å²) < 4.78 is 4.99. The summed E-state index contributed by atoms with van der Waals surface area (Å²) in [7, 11) is 1.48. The summed E-state index contributed by atoms with van der Waals surface area (Å²) >= 11 is 0. The Morgan fingerprint density at radius 3 is 2.35 bits per heavy atom. The van der Waals surface area contributed by atoms with Gasteiger partial charge in [-0.1, -0.05) is 19.1 Å². The van der Waals surface area contributed by atoms with Crippen molar-refractivity contribution in [1.82, 2.24) is 0 Å². The van der Waals surface area contributed by atoms with Crippen LogP contribution in [0.2, 0.25) is 0 Å². The highest BCUT2D eigenvalue weighted by atomic mass is 16.5. The van der Waals surface area contributed by atoms with E-state index in [1.165, 1.54) is 23.8 Å². The minimum atomic E-state index is -0.378. The molecule has 0 bridgehead atoms. The molecule has 0 amide bonds. The van der Waals surface area contributed by atoms with Gasteiger partial charge in [0.1, 0.15) is 0 Å². The van der Waals surface area contributed by atoms with Gasteiger partial charge in [0.15, 0.2) is 0 Å². The van der Waals surface area contributed by atoms with Crippen LogP contribution in [0, 0.1) is 26.7 Å². The molecule has 1 aliphatic carbocycles. The van der Waals surface area contributed by atoms with Gasteiger partial charge in [0.05, 0.1) is 12.5 Å². The summed E-state index contributed by atoms with van der Waals surface area (Å²) in [6.07, 6.45) is 0.906. The Morgan fingerprint density at radius 1 is 1.29 bits per heavy atom. The molecule has 0 radical (unpaired) electrons. The lowest BCUT2D eigenvalue weighted by Gasteiger charge is -2.19. The smallest absolute Gasteiger partial charge is 0.316 e. The molecular formula is C15H20O2. The maximum Gasteiger partial charge on any atom is 0.316 e. The van der Waals surface area contributed by atoms with Crippen LogP contribution in [0.15, 0.2) is 12.1 Å². The van der Waals surface area contributed by atoms with E-state index < -0.39 is 0 Å². The van der Waals surface area contributed by atoms with Crippen molar-refractivity contribution in [3.05, 3.63) is 34.4 Å². The fourth-order valence-corrected chi connectivity index (χ4v) is 2.82. The second-order valence-electron chi connectivity index (χ2n) is 5.25. The maximum absolute atomic E-state index is 12.0. The van der Waals surface area contributed by atoms with Crippen molar-refractivity contribution in [2.45, 2.75) is 39.5 Å². The van der Waals surface area contributed by atoms with Crippen molar-refractivity contribution in [2.24, 2.45) is 5.92 Å². The number of hydrogen-bond donors (Lipinski definition) is 0. The summed E-state index contributed by atoms with van der Waals surface area (Å²) in [6.45, 7) is 8.44. The van der Waals surface area contributed by atoms with E-state index in [1.54, 1.807) is 0 Å². The number of ether oxygens (including phenoxy) is 1. The maximum atomic E-state index is 12.0. The van der Waals surface area contributed by atoms with E-state index in [9.17, 15) is 4.79 Å². The van der Waals surface area contributed by atoms with Gasteiger partial charge in [-0.05, 0) is 55.4 Å². The summed E-state index contributed by atoms with van der Waals surface area (Å²) in [6, 6.07) is 4.20. The van der Waals surface area contributed by atoms with Gasteiger partial charge in [-0.25, -0.2) is 0 Å². The predicted octanol–water partition coefficient (Wildman–Crippen LogP) is 3.06. The third kappa shape index (κ3) is 1.58. The van der Waals surface area contributed by atoms with Crippen molar-refractivity contribution in [3.8, 4) is 0 Å². The number of esters is 1. The number of carbonyl (C=O) groups excluding carboxylic acids is 1. The Labute approximate surface area is 103 Å². The van der Waals surface area contributed by atoms with Crippen LogP contribution in [-0.4, -0.2) is 13.1 Å². The van der Waals surface area contributed by atoms with E-state index in [2.05, 4.69) is 39.8 Å². The van der Waals surface area contributed by atoms with E-state index in [-0.39, 0.29) is 11.4 Å². The monoisotopic (exact) mass is 232 g/mol. The molecule has 2 unspecified atom stereocenters. The van der Waals surface area contributed by atoms with Crippen molar-refractivity contribution in [1.29, 1.82) is 0 Å². The average Bonchev–Trinajstić information content (AvgIpc) is 2.98. The Balaban J connectivity index is 2.54. The molecule has 1 aromatic rings. The zero-order chi connectivity index (χ0) is 12.8. The topological polar surface area (TPSA) is 26.3 Å². The van der Waals surface area contributed by atoms with E-state index in [0.29, 0.717) is 5.92 Å². The number of aryl methyl sites for hydroxylation is 1. The van der Waals surface area contributed by atoms with E-state index in [1.807, 2.05) is 0 Å². The minimum absolute atomic E-state index is 0.0867. The fraction of sp³-hybridized carbons (Fsp3) is 0.533. The first-order valence-electron chi connectivity index (χ1n) is 6.11. The van der Waals surface area contributed by atoms with Gasteiger partial charge in [0.2, 0.25) is 0 Å². The Kier molecular flexibility index (Phi) is 2.76. The molecule has 0 aromatic heterocycles. The molecule has 0 heterocycles. The van der Waals surface area contributed by atoms with Crippen LogP contribution in [0.4, 0.5) is 0 Å². The van der Waals surface area contributed by atoms with E-state index in [4.69, 9.17) is 4.74 Å². The Bertz CT molecular complexity index is 476. The van der Waals surface area contributed by atoms with Crippen molar-refractivity contribution >= 4 is 5.97 Å². The summed E-state index contributed by atoms with van der Waals surface area (Å²) in [4.78, 5) is 12.0. The Morgan fingerprint density at radius 2 is 1.88 bits per heavy atom. The fourth-order valence-electron chi connectivity index (χ4n) is 2.82. The molecule has 92 valence electrons. The highest BCUT2D eigenvalue weighted by Crippen LogP contribution is 2.56. The second kappa shape index (κ2) is 3.86.